The number of carbonyl (C=O) groups is 2. The molecule has 0 fully saturated rings. The maximum absolute atomic E-state index is 13.4. The van der Waals surface area contributed by atoms with Crippen molar-refractivity contribution >= 4 is 17.7 Å². The second-order valence-electron chi connectivity index (χ2n) is 3.42. The number of nitrogens with zero attached hydrogens (tertiary/aromatic N) is 1. The fourth-order valence-corrected chi connectivity index (χ4v) is 1.22. The lowest BCUT2D eigenvalue weighted by Crippen LogP contribution is -2.34. The summed E-state index contributed by atoms with van der Waals surface area (Å²) in [5.74, 6) is -1.32. The molecule has 6 nitrogen and oxygen atoms in total. The molecular formula is C12H12FN3O3. The Bertz CT molecular complexity index is 525. The molecular weight excluding hydrogens is 253 g/mol. The van der Waals surface area contributed by atoms with Crippen molar-refractivity contribution in [3.8, 4) is 6.07 Å². The van der Waals surface area contributed by atoms with Gasteiger partial charge in [0.15, 0.2) is 0 Å². The molecule has 0 atom stereocenters. The fraction of sp³-hybridized carbons (Fsp3) is 0.250. The summed E-state index contributed by atoms with van der Waals surface area (Å²) in [7, 11) is 0. The van der Waals surface area contributed by atoms with Crippen molar-refractivity contribution in [2.75, 3.05) is 18.5 Å². The number of esters is 1. The Labute approximate surface area is 109 Å². The highest BCUT2D eigenvalue weighted by Gasteiger charge is 2.09. The van der Waals surface area contributed by atoms with Gasteiger partial charge in [-0.05, 0) is 25.1 Å². The second-order valence-corrected chi connectivity index (χ2v) is 3.42. The number of rotatable bonds is 4. The number of benzene rings is 1. The molecule has 0 aliphatic carbocycles. The van der Waals surface area contributed by atoms with E-state index in [4.69, 9.17) is 5.26 Å². The number of nitrogens with one attached hydrogen (secondary N) is 2. The highest BCUT2D eigenvalue weighted by molar-refractivity contribution is 5.91. The van der Waals surface area contributed by atoms with Crippen molar-refractivity contribution in [1.82, 2.24) is 5.32 Å². The summed E-state index contributed by atoms with van der Waals surface area (Å²) in [5, 5.41) is 13.0. The highest BCUT2D eigenvalue weighted by atomic mass is 19.1. The monoisotopic (exact) mass is 265 g/mol. The van der Waals surface area contributed by atoms with Crippen LogP contribution in [0.1, 0.15) is 12.5 Å². The normalized spacial score (nSPS) is 9.32. The van der Waals surface area contributed by atoms with Crippen LogP contribution in [0, 0.1) is 17.1 Å². The van der Waals surface area contributed by atoms with E-state index >= 15 is 0 Å². The molecule has 0 saturated heterocycles. The fourth-order valence-electron chi connectivity index (χ4n) is 1.22. The van der Waals surface area contributed by atoms with Gasteiger partial charge < -0.3 is 15.4 Å². The largest absolute Gasteiger partial charge is 0.465 e. The summed E-state index contributed by atoms with van der Waals surface area (Å²) < 4.78 is 18.0. The van der Waals surface area contributed by atoms with E-state index in [1.165, 1.54) is 12.1 Å². The molecule has 0 bridgehead atoms. The number of carbonyl (C=O) groups excluding carboxylic acids is 2. The number of urea groups is 1. The minimum absolute atomic E-state index is 0.0830. The molecule has 0 unspecified atom stereocenters. The molecule has 0 heterocycles. The Balaban J connectivity index is 2.53. The van der Waals surface area contributed by atoms with Gasteiger partial charge in [0.05, 0.1) is 23.9 Å². The molecule has 0 aliphatic rings. The molecule has 2 amide bonds. The second kappa shape index (κ2) is 6.96. The van der Waals surface area contributed by atoms with Gasteiger partial charge in [0.2, 0.25) is 0 Å². The Morgan fingerprint density at radius 1 is 1.47 bits per heavy atom. The van der Waals surface area contributed by atoms with E-state index < -0.39 is 17.8 Å². The first-order valence-electron chi connectivity index (χ1n) is 5.47. The third kappa shape index (κ3) is 4.63. The summed E-state index contributed by atoms with van der Waals surface area (Å²) in [6, 6.07) is 4.66. The predicted molar refractivity (Wildman–Crippen MR) is 64.8 cm³/mol. The lowest BCUT2D eigenvalue weighted by Gasteiger charge is -2.08. The molecule has 1 aromatic rings. The molecule has 0 spiro atoms. The van der Waals surface area contributed by atoms with Gasteiger partial charge in [-0.1, -0.05) is 0 Å². The molecule has 0 saturated carbocycles. The molecule has 0 radical (unpaired) electrons. The van der Waals surface area contributed by atoms with Crippen molar-refractivity contribution in [2.45, 2.75) is 6.92 Å². The lowest BCUT2D eigenvalue weighted by atomic mass is 10.2. The molecule has 1 aromatic carbocycles. The van der Waals surface area contributed by atoms with E-state index in [1.54, 1.807) is 13.0 Å². The summed E-state index contributed by atoms with van der Waals surface area (Å²) >= 11 is 0. The van der Waals surface area contributed by atoms with E-state index in [0.717, 1.165) is 6.07 Å². The maximum atomic E-state index is 13.4. The van der Waals surface area contributed by atoms with Crippen molar-refractivity contribution < 1.29 is 18.7 Å². The average molecular weight is 265 g/mol. The zero-order chi connectivity index (χ0) is 14.3. The van der Waals surface area contributed by atoms with Gasteiger partial charge in [-0.15, -0.1) is 0 Å². The van der Waals surface area contributed by atoms with Gasteiger partial charge in [-0.3, -0.25) is 4.79 Å². The number of halogens is 1. The van der Waals surface area contributed by atoms with Crippen LogP contribution in [0.2, 0.25) is 0 Å². The summed E-state index contributed by atoms with van der Waals surface area (Å²) in [6.07, 6.45) is 0. The van der Waals surface area contributed by atoms with Crippen LogP contribution in [0.5, 0.6) is 0 Å². The van der Waals surface area contributed by atoms with E-state index in [1.807, 2.05) is 0 Å². The molecule has 7 heteroatoms. The van der Waals surface area contributed by atoms with Crippen molar-refractivity contribution in [3.05, 3.63) is 29.6 Å². The predicted octanol–water partition coefficient (Wildman–Crippen LogP) is 1.38. The topological polar surface area (TPSA) is 91.2 Å². The highest BCUT2D eigenvalue weighted by Crippen LogP contribution is 2.14. The van der Waals surface area contributed by atoms with Gasteiger partial charge in [-0.25, -0.2) is 9.18 Å². The van der Waals surface area contributed by atoms with Crippen LogP contribution >= 0.6 is 0 Å². The average Bonchev–Trinajstić information content (AvgIpc) is 2.39. The molecule has 2 N–H and O–H groups in total. The van der Waals surface area contributed by atoms with Crippen LogP contribution in [0.15, 0.2) is 18.2 Å². The summed E-state index contributed by atoms with van der Waals surface area (Å²) in [4.78, 5) is 22.3. The van der Waals surface area contributed by atoms with E-state index in [9.17, 15) is 14.0 Å². The van der Waals surface area contributed by atoms with Crippen molar-refractivity contribution in [2.24, 2.45) is 0 Å². The first kappa shape index (κ1) is 14.4. The third-order valence-electron chi connectivity index (χ3n) is 2.04. The molecule has 0 aromatic heterocycles. The minimum Gasteiger partial charge on any atom is -0.465 e. The Kier molecular flexibility index (Phi) is 5.29. The minimum atomic E-state index is -0.739. The van der Waals surface area contributed by atoms with Crippen LogP contribution < -0.4 is 10.6 Å². The summed E-state index contributed by atoms with van der Waals surface area (Å²) in [5.41, 5.74) is 0.0651. The number of hydrogen-bond donors (Lipinski definition) is 2. The standard InChI is InChI=1S/C12H12FN3O3/c1-2-19-11(17)7-15-12(18)16-10-4-3-8(6-14)5-9(10)13/h3-5H,2,7H2,1H3,(H2,15,16,18). The smallest absolute Gasteiger partial charge is 0.325 e. The van der Waals surface area contributed by atoms with Gasteiger partial charge in [0.25, 0.3) is 0 Å². The number of ether oxygens (including phenoxy) is 1. The lowest BCUT2D eigenvalue weighted by molar-refractivity contribution is -0.141. The molecule has 19 heavy (non-hydrogen) atoms. The Morgan fingerprint density at radius 3 is 2.79 bits per heavy atom. The number of nitriles is 1. The van der Waals surface area contributed by atoms with Crippen LogP contribution in [0.4, 0.5) is 14.9 Å². The molecule has 1 rings (SSSR count). The van der Waals surface area contributed by atoms with Crippen LogP contribution in [-0.2, 0) is 9.53 Å². The number of amides is 2. The van der Waals surface area contributed by atoms with Crippen LogP contribution in [0.3, 0.4) is 0 Å². The van der Waals surface area contributed by atoms with Gasteiger partial charge in [-0.2, -0.15) is 5.26 Å². The van der Waals surface area contributed by atoms with Gasteiger partial charge in [0.1, 0.15) is 12.4 Å². The van der Waals surface area contributed by atoms with E-state index in [0.29, 0.717) is 0 Å². The molecule has 0 aliphatic heterocycles. The zero-order valence-electron chi connectivity index (χ0n) is 10.2. The Morgan fingerprint density at radius 2 is 2.21 bits per heavy atom. The van der Waals surface area contributed by atoms with Crippen LogP contribution in [-0.4, -0.2) is 25.2 Å². The van der Waals surface area contributed by atoms with Crippen LogP contribution in [0.25, 0.3) is 0 Å². The maximum Gasteiger partial charge on any atom is 0.325 e. The SMILES string of the molecule is CCOC(=O)CNC(=O)Nc1ccc(C#N)cc1F. The van der Waals surface area contributed by atoms with Gasteiger partial charge in [0, 0.05) is 0 Å². The number of anilines is 1. The third-order valence-corrected chi connectivity index (χ3v) is 2.04. The summed E-state index contributed by atoms with van der Waals surface area (Å²) in [6.45, 7) is 1.55. The van der Waals surface area contributed by atoms with E-state index in [-0.39, 0.29) is 24.4 Å². The first-order valence-corrected chi connectivity index (χ1v) is 5.47. The van der Waals surface area contributed by atoms with Crippen molar-refractivity contribution in [3.63, 3.8) is 0 Å². The number of hydrogen-bond acceptors (Lipinski definition) is 4. The Hall–Kier alpha value is -2.62. The molecule has 100 valence electrons. The first-order chi connectivity index (χ1) is 9.06. The van der Waals surface area contributed by atoms with E-state index in [2.05, 4.69) is 15.4 Å². The van der Waals surface area contributed by atoms with Gasteiger partial charge >= 0.3 is 12.0 Å². The van der Waals surface area contributed by atoms with Crippen molar-refractivity contribution in [1.29, 1.82) is 5.26 Å². The zero-order valence-corrected chi connectivity index (χ0v) is 10.2. The quantitative estimate of drug-likeness (QED) is 0.804.